The van der Waals surface area contributed by atoms with E-state index < -0.39 is 5.97 Å². The van der Waals surface area contributed by atoms with Crippen LogP contribution in [0.5, 0.6) is 23.0 Å². The van der Waals surface area contributed by atoms with E-state index in [9.17, 15) is 34.2 Å². The Balaban J connectivity index is 0.000000335. The molecule has 0 radical (unpaired) electrons. The van der Waals surface area contributed by atoms with Crippen LogP contribution in [0.4, 0.5) is 0 Å². The molecule has 18 nitrogen and oxygen atoms in total. The molecule has 0 aliphatic carbocycles. The lowest BCUT2D eigenvalue weighted by Crippen LogP contribution is -2.46. The maximum Gasteiger partial charge on any atom is 0.337 e. The van der Waals surface area contributed by atoms with Crippen molar-refractivity contribution in [1.29, 1.82) is 0 Å². The van der Waals surface area contributed by atoms with Gasteiger partial charge in [-0.05, 0) is 139 Å². The minimum atomic E-state index is -0.937. The minimum absolute atomic E-state index is 0. The number of benzene rings is 2. The molecule has 73 heavy (non-hydrogen) atoms. The van der Waals surface area contributed by atoms with Crippen molar-refractivity contribution in [3.63, 3.8) is 0 Å². The lowest BCUT2D eigenvalue weighted by molar-refractivity contribution is 0.0501. The molecule has 5 aromatic rings. The number of hydrogen-bond donors (Lipinski definition) is 7. The molecule has 396 valence electrons. The monoisotopic (exact) mass is 1030 g/mol. The van der Waals surface area contributed by atoms with Gasteiger partial charge in [-0.2, -0.15) is 0 Å². The molecule has 3 aliphatic heterocycles. The SMILES string of the molecule is C.Cc1ccc(C(=O)N2CCCC[C@H]2CO)cn1.Cc1ccc(C(=O)N2CCCC[C@H]2COc2cccc(O)c2C=O)cn1.Cc1ccc(C(=O)O)cn1.Cl.O=Cc1c(O)cccc1O.OC[C@@H]1CCCCN1. The van der Waals surface area contributed by atoms with Crippen molar-refractivity contribution in [3.8, 4) is 23.0 Å². The third-order valence-electron chi connectivity index (χ3n) is 11.9. The highest BCUT2D eigenvalue weighted by Crippen LogP contribution is 2.28. The molecular formula is C54H71ClN6O12. The third-order valence-corrected chi connectivity index (χ3v) is 11.9. The lowest BCUT2D eigenvalue weighted by Gasteiger charge is -2.35. The first kappa shape index (κ1) is 62.1. The van der Waals surface area contributed by atoms with E-state index in [-0.39, 0.29) is 90.9 Å². The van der Waals surface area contributed by atoms with Gasteiger partial charge in [0.1, 0.15) is 29.6 Å². The Kier molecular flexibility index (Phi) is 28.0. The molecule has 0 unspecified atom stereocenters. The van der Waals surface area contributed by atoms with E-state index in [1.165, 1.54) is 49.4 Å². The van der Waals surface area contributed by atoms with Crippen molar-refractivity contribution in [2.75, 3.05) is 39.5 Å². The third kappa shape index (κ3) is 19.9. The number of rotatable bonds is 10. The van der Waals surface area contributed by atoms with Crippen LogP contribution in [0.25, 0.3) is 0 Å². The molecule has 8 rings (SSSR count). The van der Waals surface area contributed by atoms with Crippen LogP contribution in [0.3, 0.4) is 0 Å². The van der Waals surface area contributed by atoms with Crippen molar-refractivity contribution >= 4 is 42.8 Å². The number of pyridine rings is 3. The summed E-state index contributed by atoms with van der Waals surface area (Å²) in [5.74, 6) is -1.19. The topological polar surface area (TPSA) is 273 Å². The summed E-state index contributed by atoms with van der Waals surface area (Å²) in [6.07, 6.45) is 15.0. The van der Waals surface area contributed by atoms with Crippen LogP contribution in [0.2, 0.25) is 0 Å². The fourth-order valence-corrected chi connectivity index (χ4v) is 7.72. The molecule has 0 saturated carbocycles. The van der Waals surface area contributed by atoms with E-state index in [0.29, 0.717) is 48.6 Å². The van der Waals surface area contributed by atoms with Crippen LogP contribution in [-0.2, 0) is 0 Å². The number of carboxylic acids is 1. The minimum Gasteiger partial charge on any atom is -0.507 e. The highest BCUT2D eigenvalue weighted by Gasteiger charge is 2.29. The number of phenolic OH excluding ortho intramolecular Hbond substituents is 3. The fraction of sp³-hybridized carbons (Fsp3) is 0.407. The van der Waals surface area contributed by atoms with Gasteiger partial charge in [-0.3, -0.25) is 34.1 Å². The van der Waals surface area contributed by atoms with Crippen molar-refractivity contribution in [2.45, 2.75) is 104 Å². The number of ether oxygens (including phenoxy) is 1. The standard InChI is InChI=1S/C20H22N2O4.C13H18N2O2.C7H7NO2.C7H6O3.C6H13NO.CH4.ClH/c1-14-8-9-15(11-21-14)20(25)22-10-3-2-5-16(22)13-26-19-7-4-6-18(24)17(19)12-23;1-10-5-6-11(8-14-10)13(17)15-7-3-2-4-12(15)9-16;1-5-2-3-6(4-8-5)7(9)10;8-4-5-6(9)2-1-3-7(5)10;8-5-6-3-1-2-4-7-6;;/h4,6-9,11-12,16,24H,2-3,5,10,13H2,1H3;5-6,8,12,16H,2-4,7,9H2,1H3;2-4H,1H3,(H,9,10);1-4,9-10H;6-8H,1-5H2;1H4;1H/t16-;12-;;;6-;;/m00..0../s1. The van der Waals surface area contributed by atoms with Crippen molar-refractivity contribution in [3.05, 3.63) is 136 Å². The highest BCUT2D eigenvalue weighted by molar-refractivity contribution is 5.95. The van der Waals surface area contributed by atoms with Crippen LogP contribution < -0.4 is 10.1 Å². The second-order valence-corrected chi connectivity index (χ2v) is 17.1. The Hall–Kier alpha value is -6.99. The summed E-state index contributed by atoms with van der Waals surface area (Å²) in [6, 6.07) is 19.6. The van der Waals surface area contributed by atoms with E-state index >= 15 is 0 Å². The lowest BCUT2D eigenvalue weighted by atomic mass is 10.0. The number of nitrogens with zero attached hydrogens (tertiary/aromatic N) is 5. The van der Waals surface area contributed by atoms with Gasteiger partial charge in [-0.15, -0.1) is 12.4 Å². The predicted molar refractivity (Wildman–Crippen MR) is 279 cm³/mol. The van der Waals surface area contributed by atoms with Gasteiger partial charge in [-0.25, -0.2) is 4.79 Å². The summed E-state index contributed by atoms with van der Waals surface area (Å²) in [5, 5.41) is 57.1. The predicted octanol–water partition coefficient (Wildman–Crippen LogP) is 7.54. The van der Waals surface area contributed by atoms with Crippen LogP contribution in [0.15, 0.2) is 91.4 Å². The van der Waals surface area contributed by atoms with Gasteiger partial charge in [0.25, 0.3) is 11.8 Å². The summed E-state index contributed by atoms with van der Waals surface area (Å²) >= 11 is 0. The zero-order valence-corrected chi connectivity index (χ0v) is 41.7. The highest BCUT2D eigenvalue weighted by atomic mass is 35.5. The van der Waals surface area contributed by atoms with Gasteiger partial charge in [0, 0.05) is 54.8 Å². The number of aromatic nitrogens is 3. The summed E-state index contributed by atoms with van der Waals surface area (Å²) in [6.45, 7) is 8.70. The number of aromatic hydroxyl groups is 3. The number of aliphatic hydroxyl groups excluding tert-OH is 2. The normalized spacial score (nSPS) is 16.6. The summed E-state index contributed by atoms with van der Waals surface area (Å²) in [5.41, 5.74) is 4.05. The summed E-state index contributed by atoms with van der Waals surface area (Å²) < 4.78 is 5.78. The molecule has 19 heteroatoms. The first-order chi connectivity index (χ1) is 34.2. The molecule has 2 aromatic carbocycles. The molecule has 6 heterocycles. The van der Waals surface area contributed by atoms with Crippen molar-refractivity contribution < 1.29 is 59.3 Å². The smallest absolute Gasteiger partial charge is 0.337 e. The Bertz CT molecular complexity index is 2440. The number of phenols is 3. The van der Waals surface area contributed by atoms with Crippen LogP contribution in [0, 0.1) is 20.8 Å². The Morgan fingerprint density at radius 3 is 1.47 bits per heavy atom. The van der Waals surface area contributed by atoms with Crippen LogP contribution in [0.1, 0.15) is 134 Å². The second-order valence-electron chi connectivity index (χ2n) is 17.1. The number of aryl methyl sites for hydroxylation is 3. The molecule has 0 bridgehead atoms. The number of nitrogens with one attached hydrogen (secondary N) is 1. The molecule has 3 fully saturated rings. The number of carbonyl (C=O) groups is 5. The molecule has 3 saturated heterocycles. The number of aliphatic hydroxyl groups is 2. The summed E-state index contributed by atoms with van der Waals surface area (Å²) in [4.78, 5) is 72.4. The molecule has 3 aromatic heterocycles. The molecule has 7 N–H and O–H groups in total. The van der Waals surface area contributed by atoms with E-state index in [1.54, 1.807) is 47.6 Å². The molecule has 2 amide bonds. The van der Waals surface area contributed by atoms with E-state index in [0.717, 1.165) is 75.1 Å². The average molecular weight is 1030 g/mol. The molecular weight excluding hydrogens is 960 g/mol. The van der Waals surface area contributed by atoms with Gasteiger partial charge >= 0.3 is 5.97 Å². The average Bonchev–Trinajstić information content (AvgIpc) is 3.39. The second kappa shape index (κ2) is 32.9. The van der Waals surface area contributed by atoms with Gasteiger partial charge in [0.15, 0.2) is 12.6 Å². The number of halogens is 1. The molecule has 3 aliphatic rings. The van der Waals surface area contributed by atoms with E-state index in [1.807, 2.05) is 37.8 Å². The van der Waals surface area contributed by atoms with Gasteiger partial charge in [-0.1, -0.05) is 26.0 Å². The first-order valence-corrected chi connectivity index (χ1v) is 23.7. The van der Waals surface area contributed by atoms with Crippen LogP contribution >= 0.6 is 12.4 Å². The zero-order chi connectivity index (χ0) is 51.7. The quantitative estimate of drug-likeness (QED) is 0.0666. The number of piperidine rings is 3. The Labute approximate surface area is 433 Å². The number of hydrogen-bond acceptors (Lipinski definition) is 15. The Morgan fingerprint density at radius 1 is 0.616 bits per heavy atom. The fourth-order valence-electron chi connectivity index (χ4n) is 7.72. The number of carbonyl (C=O) groups excluding carboxylic acids is 4. The van der Waals surface area contributed by atoms with Crippen LogP contribution in [-0.4, -0.2) is 143 Å². The molecule has 3 atom stereocenters. The van der Waals surface area contributed by atoms with Crippen molar-refractivity contribution in [1.82, 2.24) is 30.1 Å². The number of amides is 2. The van der Waals surface area contributed by atoms with E-state index in [2.05, 4.69) is 20.3 Å². The maximum atomic E-state index is 12.8. The van der Waals surface area contributed by atoms with Gasteiger partial charge < -0.3 is 50.5 Å². The summed E-state index contributed by atoms with van der Waals surface area (Å²) in [7, 11) is 0. The van der Waals surface area contributed by atoms with Gasteiger partial charge in [0.2, 0.25) is 0 Å². The van der Waals surface area contributed by atoms with Crippen molar-refractivity contribution in [2.24, 2.45) is 0 Å². The largest absolute Gasteiger partial charge is 0.507 e. The maximum absolute atomic E-state index is 12.8. The van der Waals surface area contributed by atoms with Gasteiger partial charge in [0.05, 0.1) is 53.1 Å². The number of likely N-dealkylation sites (tertiary alicyclic amines) is 2. The Morgan fingerprint density at radius 2 is 1.07 bits per heavy atom. The van der Waals surface area contributed by atoms with E-state index in [4.69, 9.17) is 25.2 Å². The first-order valence-electron chi connectivity index (χ1n) is 23.7. The number of aromatic carboxylic acids is 1. The number of aldehydes is 2. The molecule has 0 spiro atoms. The number of carboxylic acid groups (broad SMARTS) is 1. The zero-order valence-electron chi connectivity index (χ0n) is 40.9.